The van der Waals surface area contributed by atoms with Gasteiger partial charge in [-0.1, -0.05) is 18.2 Å². The third-order valence-corrected chi connectivity index (χ3v) is 6.10. The first kappa shape index (κ1) is 18.6. The van der Waals surface area contributed by atoms with Crippen LogP contribution >= 0.6 is 0 Å². The summed E-state index contributed by atoms with van der Waals surface area (Å²) in [6.07, 6.45) is -1.13. The van der Waals surface area contributed by atoms with E-state index in [9.17, 15) is 18.3 Å². The molecule has 1 atom stereocenters. The van der Waals surface area contributed by atoms with Crippen molar-refractivity contribution in [2.75, 3.05) is 18.9 Å². The van der Waals surface area contributed by atoms with Gasteiger partial charge in [0.15, 0.2) is 9.84 Å². The van der Waals surface area contributed by atoms with Crippen LogP contribution in [0.5, 0.6) is 0 Å². The summed E-state index contributed by atoms with van der Waals surface area (Å²) in [5.74, 6) is -0.471. The zero-order chi connectivity index (χ0) is 18.7. The lowest BCUT2D eigenvalue weighted by Gasteiger charge is -2.27. The number of aliphatic hydroxyl groups excluding tert-OH is 2. The minimum atomic E-state index is -3.49. The maximum atomic E-state index is 12.4. The molecule has 1 aliphatic rings. The van der Waals surface area contributed by atoms with Crippen LogP contribution in [0.2, 0.25) is 0 Å². The van der Waals surface area contributed by atoms with Gasteiger partial charge in [0.05, 0.1) is 41.7 Å². The Labute approximate surface area is 151 Å². The van der Waals surface area contributed by atoms with E-state index in [1.165, 1.54) is 12.1 Å². The fourth-order valence-electron chi connectivity index (χ4n) is 2.88. The van der Waals surface area contributed by atoms with Crippen LogP contribution < -0.4 is 0 Å². The molecular formula is C17H21N3O5S. The second-order valence-electron chi connectivity index (χ2n) is 6.18. The van der Waals surface area contributed by atoms with E-state index in [-0.39, 0.29) is 23.0 Å². The maximum absolute atomic E-state index is 12.4. The molecule has 140 valence electrons. The normalized spacial score (nSPS) is 15.5. The lowest BCUT2D eigenvalue weighted by Crippen LogP contribution is -2.39. The topological polar surface area (TPSA) is 113 Å². The molecule has 0 saturated heterocycles. The minimum Gasteiger partial charge on any atom is -0.393 e. The van der Waals surface area contributed by atoms with Crippen LogP contribution in [0.25, 0.3) is 0 Å². The lowest BCUT2D eigenvalue weighted by atomic mass is 10.2. The van der Waals surface area contributed by atoms with Crippen LogP contribution in [-0.4, -0.2) is 58.1 Å². The fraction of sp³-hybridized carbons (Fsp3) is 0.412. The molecule has 8 nitrogen and oxygen atoms in total. The average molecular weight is 379 g/mol. The Morgan fingerprint density at radius 2 is 1.96 bits per heavy atom. The number of hydrogen-bond acceptors (Lipinski definition) is 6. The van der Waals surface area contributed by atoms with Crippen LogP contribution in [0.1, 0.15) is 23.9 Å². The van der Waals surface area contributed by atoms with E-state index in [1.807, 2.05) is 0 Å². The molecule has 0 spiro atoms. The number of nitrogens with zero attached hydrogens (tertiary/aromatic N) is 3. The lowest BCUT2D eigenvalue weighted by molar-refractivity contribution is -0.132. The van der Waals surface area contributed by atoms with Crippen molar-refractivity contribution in [3.8, 4) is 0 Å². The van der Waals surface area contributed by atoms with E-state index in [0.717, 1.165) is 5.69 Å². The molecule has 26 heavy (non-hydrogen) atoms. The first-order valence-corrected chi connectivity index (χ1v) is 9.97. The summed E-state index contributed by atoms with van der Waals surface area (Å²) in [7, 11) is -3.49. The number of aliphatic hydroxyl groups is 2. The Kier molecular flexibility index (Phi) is 5.40. The molecule has 1 amide bonds. The number of sulfone groups is 1. The first-order chi connectivity index (χ1) is 12.4. The zero-order valence-electron chi connectivity index (χ0n) is 14.2. The second-order valence-corrected chi connectivity index (χ2v) is 8.29. The molecule has 9 heteroatoms. The number of hydrogen-bond donors (Lipinski definition) is 2. The number of benzene rings is 1. The fourth-order valence-corrected chi connectivity index (χ4v) is 4.13. The van der Waals surface area contributed by atoms with Crippen LogP contribution in [0.3, 0.4) is 0 Å². The van der Waals surface area contributed by atoms with Gasteiger partial charge >= 0.3 is 0 Å². The third kappa shape index (κ3) is 3.95. The molecule has 0 bridgehead atoms. The highest BCUT2D eigenvalue weighted by Crippen LogP contribution is 2.19. The van der Waals surface area contributed by atoms with Crippen molar-refractivity contribution >= 4 is 15.7 Å². The number of amides is 1. The monoisotopic (exact) mass is 379 g/mol. The van der Waals surface area contributed by atoms with E-state index < -0.39 is 22.5 Å². The van der Waals surface area contributed by atoms with Crippen molar-refractivity contribution in [3.63, 3.8) is 0 Å². The van der Waals surface area contributed by atoms with Crippen LogP contribution in [0.4, 0.5) is 0 Å². The predicted octanol–water partition coefficient (Wildman–Crippen LogP) is 0.115. The second kappa shape index (κ2) is 7.56. The molecule has 0 aliphatic carbocycles. The number of carbonyl (C=O) groups is 1. The van der Waals surface area contributed by atoms with E-state index in [1.54, 1.807) is 33.8 Å². The van der Waals surface area contributed by atoms with Gasteiger partial charge in [-0.2, -0.15) is 5.10 Å². The van der Waals surface area contributed by atoms with Gasteiger partial charge in [-0.15, -0.1) is 0 Å². The number of carbonyl (C=O) groups excluding carboxylic acids is 1. The van der Waals surface area contributed by atoms with Gasteiger partial charge in [-0.25, -0.2) is 8.42 Å². The summed E-state index contributed by atoms with van der Waals surface area (Å²) in [6, 6.07) is 9.74. The highest BCUT2D eigenvalue weighted by atomic mass is 32.2. The van der Waals surface area contributed by atoms with Crippen molar-refractivity contribution in [3.05, 3.63) is 47.8 Å². The van der Waals surface area contributed by atoms with Crippen molar-refractivity contribution in [1.82, 2.24) is 14.7 Å². The van der Waals surface area contributed by atoms with Crippen LogP contribution in [0, 0.1) is 0 Å². The highest BCUT2D eigenvalue weighted by Gasteiger charge is 2.25. The SMILES string of the molecule is O=C(CCS(=O)(=O)c1ccccc1)N1CCn2nc([C@H](O)CO)cc2C1. The standard InChI is InChI=1S/C17H21N3O5S/c21-12-16(22)15-10-13-11-19(7-8-20(13)18-15)17(23)6-9-26(24,25)14-4-2-1-3-5-14/h1-5,10,16,21-22H,6-9,11-12H2/t16-/m1/s1. The molecule has 0 unspecified atom stereocenters. The van der Waals surface area contributed by atoms with Crippen molar-refractivity contribution in [2.45, 2.75) is 30.5 Å². The number of rotatable bonds is 6. The summed E-state index contributed by atoms with van der Waals surface area (Å²) in [5.41, 5.74) is 1.11. The Balaban J connectivity index is 1.62. The summed E-state index contributed by atoms with van der Waals surface area (Å²) < 4.78 is 26.3. The van der Waals surface area contributed by atoms with Gasteiger partial charge in [-0.3, -0.25) is 9.48 Å². The quantitative estimate of drug-likeness (QED) is 0.737. The zero-order valence-corrected chi connectivity index (χ0v) is 15.0. The van der Waals surface area contributed by atoms with E-state index in [2.05, 4.69) is 5.10 Å². The molecule has 2 N–H and O–H groups in total. The molecule has 1 aliphatic heterocycles. The molecule has 2 heterocycles. The molecular weight excluding hydrogens is 358 g/mol. The van der Waals surface area contributed by atoms with Gasteiger partial charge in [-0.05, 0) is 18.2 Å². The van der Waals surface area contributed by atoms with Crippen LogP contribution in [0.15, 0.2) is 41.3 Å². The summed E-state index contributed by atoms with van der Waals surface area (Å²) in [4.78, 5) is 14.2. The summed E-state index contributed by atoms with van der Waals surface area (Å²) in [5, 5.41) is 22.9. The predicted molar refractivity (Wildman–Crippen MR) is 92.8 cm³/mol. The molecule has 3 rings (SSSR count). The summed E-state index contributed by atoms with van der Waals surface area (Å²) >= 11 is 0. The van der Waals surface area contributed by atoms with Crippen LogP contribution in [-0.2, 0) is 27.7 Å². The Morgan fingerprint density at radius 1 is 1.23 bits per heavy atom. The highest BCUT2D eigenvalue weighted by molar-refractivity contribution is 7.91. The van der Waals surface area contributed by atoms with Gasteiger partial charge in [0, 0.05) is 13.0 Å². The van der Waals surface area contributed by atoms with Crippen molar-refractivity contribution < 1.29 is 23.4 Å². The Bertz CT molecular complexity index is 879. The van der Waals surface area contributed by atoms with Gasteiger partial charge < -0.3 is 15.1 Å². The van der Waals surface area contributed by atoms with Gasteiger partial charge in [0.25, 0.3) is 0 Å². The van der Waals surface area contributed by atoms with E-state index >= 15 is 0 Å². The molecule has 2 aromatic rings. The molecule has 0 fully saturated rings. The smallest absolute Gasteiger partial charge is 0.224 e. The molecule has 0 radical (unpaired) electrons. The third-order valence-electron chi connectivity index (χ3n) is 4.37. The van der Waals surface area contributed by atoms with Gasteiger partial charge in [0.2, 0.25) is 5.91 Å². The van der Waals surface area contributed by atoms with Crippen molar-refractivity contribution in [1.29, 1.82) is 0 Å². The Morgan fingerprint density at radius 3 is 2.65 bits per heavy atom. The summed E-state index contributed by atoms with van der Waals surface area (Å²) in [6.45, 7) is 0.768. The minimum absolute atomic E-state index is 0.0858. The molecule has 1 aromatic carbocycles. The number of aromatic nitrogens is 2. The van der Waals surface area contributed by atoms with E-state index in [4.69, 9.17) is 5.11 Å². The molecule has 1 aromatic heterocycles. The maximum Gasteiger partial charge on any atom is 0.224 e. The first-order valence-electron chi connectivity index (χ1n) is 8.32. The average Bonchev–Trinajstić information content (AvgIpc) is 3.09. The van der Waals surface area contributed by atoms with E-state index in [0.29, 0.717) is 25.3 Å². The van der Waals surface area contributed by atoms with Crippen molar-refractivity contribution in [2.24, 2.45) is 0 Å². The number of fused-ring (bicyclic) bond motifs is 1. The Hall–Kier alpha value is -2.23. The molecule has 0 saturated carbocycles. The van der Waals surface area contributed by atoms with Gasteiger partial charge in [0.1, 0.15) is 6.10 Å². The largest absolute Gasteiger partial charge is 0.393 e.